The molecular formula is C18H26N5O4+. The fourth-order valence-electron chi connectivity index (χ4n) is 3.35. The van der Waals surface area contributed by atoms with Crippen molar-refractivity contribution < 1.29 is 23.7 Å². The van der Waals surface area contributed by atoms with Gasteiger partial charge in [-0.3, -0.25) is 14.6 Å². The van der Waals surface area contributed by atoms with Crippen LogP contribution in [0.15, 0.2) is 11.2 Å². The van der Waals surface area contributed by atoms with Crippen LogP contribution in [0.1, 0.15) is 38.9 Å². The van der Waals surface area contributed by atoms with Crippen LogP contribution in [0.3, 0.4) is 0 Å². The van der Waals surface area contributed by atoms with Crippen LogP contribution >= 0.6 is 0 Å². The van der Waals surface area contributed by atoms with Crippen molar-refractivity contribution in [3.63, 3.8) is 0 Å². The van der Waals surface area contributed by atoms with Gasteiger partial charge in [0.1, 0.15) is 11.9 Å². The van der Waals surface area contributed by atoms with E-state index in [9.17, 15) is 14.4 Å². The van der Waals surface area contributed by atoms with Gasteiger partial charge in [-0.05, 0) is 26.2 Å². The smallest absolute Gasteiger partial charge is 0.402 e. The van der Waals surface area contributed by atoms with Gasteiger partial charge in [-0.25, -0.2) is 18.7 Å². The van der Waals surface area contributed by atoms with Gasteiger partial charge in [-0.15, -0.1) is 0 Å². The summed E-state index contributed by atoms with van der Waals surface area (Å²) < 4.78 is 8.46. The van der Waals surface area contributed by atoms with Crippen LogP contribution < -0.4 is 4.57 Å². The predicted octanol–water partition coefficient (Wildman–Crippen LogP) is 1.17. The zero-order chi connectivity index (χ0) is 19.9. The Kier molecular flexibility index (Phi) is 5.03. The minimum Gasteiger partial charge on any atom is -0.464 e. The molecule has 0 aromatic carbocycles. The molecule has 2 aliphatic rings. The van der Waals surface area contributed by atoms with Crippen molar-refractivity contribution in [2.24, 2.45) is 10.9 Å². The fourth-order valence-corrected chi connectivity index (χ4v) is 3.35. The quantitative estimate of drug-likeness (QED) is 0.551. The van der Waals surface area contributed by atoms with Gasteiger partial charge in [0.15, 0.2) is 6.54 Å². The zero-order valence-corrected chi connectivity index (χ0v) is 16.4. The van der Waals surface area contributed by atoms with E-state index in [-0.39, 0.29) is 24.5 Å². The molecule has 0 aliphatic carbocycles. The molecule has 27 heavy (non-hydrogen) atoms. The highest BCUT2D eigenvalue weighted by Gasteiger charge is 2.53. The second-order valence-electron chi connectivity index (χ2n) is 7.26. The Bertz CT molecular complexity index is 826. The number of hydrogen-bond donors (Lipinski definition) is 0. The first kappa shape index (κ1) is 19.1. The number of esters is 1. The molecular weight excluding hydrogens is 350 g/mol. The Morgan fingerprint density at radius 3 is 2.70 bits per heavy atom. The highest BCUT2D eigenvalue weighted by atomic mass is 16.5. The third-order valence-electron chi connectivity index (χ3n) is 4.85. The molecule has 9 heteroatoms. The maximum absolute atomic E-state index is 13.1. The molecule has 0 saturated carbocycles. The number of hydrogen-bond acceptors (Lipinski definition) is 5. The summed E-state index contributed by atoms with van der Waals surface area (Å²) in [5.41, 5.74) is 0.793. The summed E-state index contributed by atoms with van der Waals surface area (Å²) >= 11 is 0. The lowest BCUT2D eigenvalue weighted by molar-refractivity contribution is -0.677. The van der Waals surface area contributed by atoms with E-state index < -0.39 is 6.04 Å². The van der Waals surface area contributed by atoms with Crippen LogP contribution in [0.25, 0.3) is 0 Å². The molecule has 1 fully saturated rings. The van der Waals surface area contributed by atoms with Crippen molar-refractivity contribution in [3.05, 3.63) is 11.9 Å². The maximum Gasteiger partial charge on any atom is 0.402 e. The monoisotopic (exact) mass is 376 g/mol. The first-order valence-corrected chi connectivity index (χ1v) is 9.20. The van der Waals surface area contributed by atoms with Gasteiger partial charge in [-0.2, -0.15) is 0 Å². The number of aromatic nitrogens is 2. The van der Waals surface area contributed by atoms with Crippen LogP contribution in [-0.2, 0) is 20.9 Å². The topological polar surface area (TPSA) is 88.1 Å². The summed E-state index contributed by atoms with van der Waals surface area (Å²) in [6, 6.07) is -1.05. The van der Waals surface area contributed by atoms with E-state index in [0.717, 1.165) is 12.1 Å². The number of carbonyl (C=O) groups is 3. The normalized spacial score (nSPS) is 18.7. The number of amides is 3. The lowest BCUT2D eigenvalue weighted by atomic mass is 10.1. The van der Waals surface area contributed by atoms with Crippen molar-refractivity contribution in [1.29, 1.82) is 0 Å². The first-order valence-electron chi connectivity index (χ1n) is 9.20. The number of amidine groups is 1. The largest absolute Gasteiger partial charge is 0.464 e. The molecule has 3 rings (SSSR count). The van der Waals surface area contributed by atoms with E-state index in [2.05, 4.69) is 18.8 Å². The summed E-state index contributed by atoms with van der Waals surface area (Å²) in [4.78, 5) is 44.8. The maximum atomic E-state index is 13.1. The van der Waals surface area contributed by atoms with E-state index in [0.29, 0.717) is 30.9 Å². The van der Waals surface area contributed by atoms with Crippen molar-refractivity contribution in [2.75, 3.05) is 20.2 Å². The number of ether oxygens (including phenoxy) is 1. The van der Waals surface area contributed by atoms with E-state index in [1.165, 1.54) is 9.80 Å². The molecule has 1 atom stereocenters. The summed E-state index contributed by atoms with van der Waals surface area (Å²) in [7, 11) is 1.62. The van der Waals surface area contributed by atoms with E-state index >= 15 is 0 Å². The van der Waals surface area contributed by atoms with Gasteiger partial charge in [0, 0.05) is 13.6 Å². The Hall–Kier alpha value is -2.71. The van der Waals surface area contributed by atoms with Gasteiger partial charge < -0.3 is 4.74 Å². The van der Waals surface area contributed by atoms with Gasteiger partial charge in [0.05, 0.1) is 6.61 Å². The lowest BCUT2D eigenvalue weighted by Crippen LogP contribution is -2.62. The third-order valence-corrected chi connectivity index (χ3v) is 4.85. The van der Waals surface area contributed by atoms with Crippen molar-refractivity contribution in [3.8, 4) is 0 Å². The second kappa shape index (κ2) is 7.13. The number of aliphatic imine (C=N–C) groups is 1. The molecule has 146 valence electrons. The molecule has 0 radical (unpaired) electrons. The third kappa shape index (κ3) is 3.22. The van der Waals surface area contributed by atoms with Crippen molar-refractivity contribution in [1.82, 2.24) is 14.4 Å². The fraction of sp³-hybridized carbons (Fsp3) is 0.611. The second-order valence-corrected chi connectivity index (χ2v) is 7.26. The molecule has 0 spiro atoms. The molecule has 3 heterocycles. The molecule has 3 amide bonds. The van der Waals surface area contributed by atoms with E-state index in [4.69, 9.17) is 4.74 Å². The Morgan fingerprint density at radius 1 is 1.37 bits per heavy atom. The average molecular weight is 376 g/mol. The summed E-state index contributed by atoms with van der Waals surface area (Å²) in [6.45, 7) is 8.38. The van der Waals surface area contributed by atoms with Crippen LogP contribution in [0.5, 0.6) is 0 Å². The van der Waals surface area contributed by atoms with Crippen LogP contribution in [0, 0.1) is 12.8 Å². The minimum absolute atomic E-state index is 0.00835. The summed E-state index contributed by atoms with van der Waals surface area (Å²) in [5, 5.41) is 0. The van der Waals surface area contributed by atoms with Crippen molar-refractivity contribution in [2.45, 2.75) is 46.7 Å². The molecule has 0 bridgehead atoms. The number of likely N-dealkylation sites (N-methyl/N-ethyl adjacent to an activating group) is 1. The molecule has 1 saturated heterocycles. The number of aryl methyl sites for hydroxylation is 1. The highest BCUT2D eigenvalue weighted by Crippen LogP contribution is 2.29. The van der Waals surface area contributed by atoms with E-state index in [1.807, 2.05) is 6.92 Å². The molecule has 2 aliphatic heterocycles. The molecule has 1 aromatic rings. The standard InChI is InChI=1S/C18H26N5O4/c1-6-27-13(24)10-22-12(4)9-23-14-15(19-17(22)23)20(5)18(26)21(16(14)25)8-7-11(2)3/h9,11,14H,6-8,10H2,1-5H3/q+1. The Morgan fingerprint density at radius 2 is 2.07 bits per heavy atom. The van der Waals surface area contributed by atoms with Crippen molar-refractivity contribution >= 4 is 29.7 Å². The van der Waals surface area contributed by atoms with Gasteiger partial charge >= 0.3 is 17.9 Å². The minimum atomic E-state index is -0.683. The molecule has 1 aromatic heterocycles. The number of carbonyl (C=O) groups excluding carboxylic acids is 3. The number of imide groups is 1. The van der Waals surface area contributed by atoms with Crippen LogP contribution in [0.4, 0.5) is 10.7 Å². The molecule has 9 nitrogen and oxygen atoms in total. The molecule has 1 unspecified atom stereocenters. The van der Waals surface area contributed by atoms with Gasteiger partial charge in [0.2, 0.25) is 11.9 Å². The Balaban J connectivity index is 1.95. The Labute approximate surface area is 158 Å². The number of urea groups is 1. The zero-order valence-electron chi connectivity index (χ0n) is 16.4. The predicted molar refractivity (Wildman–Crippen MR) is 96.5 cm³/mol. The number of fused-ring (bicyclic) bond motifs is 3. The SMILES string of the molecule is CCOC(=O)Cn1c(C)c[n+]2c1N=C1C2C(=O)N(CCC(C)C)C(=O)N1C. The lowest BCUT2D eigenvalue weighted by Gasteiger charge is -2.33. The van der Waals surface area contributed by atoms with Gasteiger partial charge in [-0.1, -0.05) is 18.8 Å². The van der Waals surface area contributed by atoms with Crippen LogP contribution in [0.2, 0.25) is 0 Å². The van der Waals surface area contributed by atoms with Crippen LogP contribution in [-0.4, -0.2) is 58.3 Å². The number of imidazole rings is 1. The van der Waals surface area contributed by atoms with Gasteiger partial charge in [0.25, 0.3) is 5.91 Å². The highest BCUT2D eigenvalue weighted by molar-refractivity contribution is 6.19. The summed E-state index contributed by atoms with van der Waals surface area (Å²) in [5.74, 6) is 0.585. The number of nitrogens with zero attached hydrogens (tertiary/aromatic N) is 5. The first-order chi connectivity index (χ1) is 12.8. The average Bonchev–Trinajstić information content (AvgIpc) is 3.09. The van der Waals surface area contributed by atoms with E-state index in [1.54, 1.807) is 29.3 Å². The summed E-state index contributed by atoms with van der Waals surface area (Å²) in [6.07, 6.45) is 2.53. The number of rotatable bonds is 6. The molecule has 0 N–H and O–H groups in total.